The molecule has 0 spiro atoms. The third-order valence-corrected chi connectivity index (χ3v) is 4.11. The molecule has 0 aliphatic carbocycles. The van der Waals surface area contributed by atoms with E-state index >= 15 is 0 Å². The van der Waals surface area contributed by atoms with Crippen LogP contribution < -0.4 is 5.32 Å². The Bertz CT molecular complexity index is 1060. The number of nitrogens with zero attached hydrogens (tertiary/aromatic N) is 2. The lowest BCUT2D eigenvalue weighted by molar-refractivity contribution is 0.0997. The lowest BCUT2D eigenvalue weighted by Gasteiger charge is -1.99. The van der Waals surface area contributed by atoms with Gasteiger partial charge in [-0.25, -0.2) is 0 Å². The molecule has 124 valence electrons. The summed E-state index contributed by atoms with van der Waals surface area (Å²) in [6.07, 6.45) is 3.41. The summed E-state index contributed by atoms with van der Waals surface area (Å²) < 4.78 is 5.75. The number of fused-ring (bicyclic) bond motifs is 1. The molecule has 0 saturated carbocycles. The van der Waals surface area contributed by atoms with Crippen molar-refractivity contribution in [3.63, 3.8) is 0 Å². The van der Waals surface area contributed by atoms with E-state index in [2.05, 4.69) is 20.5 Å². The number of aromatic nitrogens is 3. The third-order valence-electron chi connectivity index (χ3n) is 4.11. The summed E-state index contributed by atoms with van der Waals surface area (Å²) in [5.74, 6) is 0.418. The molecule has 4 rings (SSSR count). The number of pyridine rings is 1. The first-order valence-corrected chi connectivity index (χ1v) is 7.89. The molecule has 0 unspecified atom stereocenters. The molecule has 0 fully saturated rings. The summed E-state index contributed by atoms with van der Waals surface area (Å²) in [4.78, 5) is 16.6. The van der Waals surface area contributed by atoms with Crippen LogP contribution in [0.2, 0.25) is 0 Å². The number of furan rings is 1. The van der Waals surface area contributed by atoms with Crippen LogP contribution in [0.25, 0.3) is 22.2 Å². The molecule has 0 radical (unpaired) electrons. The summed E-state index contributed by atoms with van der Waals surface area (Å²) in [5, 5.41) is 10.8. The molecule has 1 aromatic carbocycles. The molecule has 0 atom stereocenters. The van der Waals surface area contributed by atoms with Crippen molar-refractivity contribution in [1.82, 2.24) is 15.2 Å². The Morgan fingerprint density at radius 2 is 1.92 bits per heavy atom. The van der Waals surface area contributed by atoms with E-state index in [1.165, 1.54) is 0 Å². The molecule has 1 amide bonds. The second-order valence-electron chi connectivity index (χ2n) is 5.91. The van der Waals surface area contributed by atoms with Gasteiger partial charge in [0, 0.05) is 35.0 Å². The molecule has 3 heterocycles. The fraction of sp³-hybridized carbons (Fsp3) is 0.105. The highest BCUT2D eigenvalue weighted by atomic mass is 16.3. The van der Waals surface area contributed by atoms with E-state index in [-0.39, 0.29) is 5.91 Å². The van der Waals surface area contributed by atoms with Crippen LogP contribution in [0.1, 0.15) is 21.7 Å². The number of amides is 1. The minimum atomic E-state index is -0.320. The van der Waals surface area contributed by atoms with Gasteiger partial charge in [-0.05, 0) is 37.6 Å². The zero-order valence-electron chi connectivity index (χ0n) is 13.8. The first-order chi connectivity index (χ1) is 12.1. The Kier molecular flexibility index (Phi) is 3.57. The van der Waals surface area contributed by atoms with Gasteiger partial charge in [0.2, 0.25) is 0 Å². The van der Waals surface area contributed by atoms with Crippen molar-refractivity contribution in [2.45, 2.75) is 13.8 Å². The van der Waals surface area contributed by atoms with Gasteiger partial charge in [-0.3, -0.25) is 14.9 Å². The number of H-pyrrole nitrogens is 1. The van der Waals surface area contributed by atoms with E-state index in [1.807, 2.05) is 44.2 Å². The quantitative estimate of drug-likeness (QED) is 0.592. The first-order valence-electron chi connectivity index (χ1n) is 7.89. The lowest BCUT2D eigenvalue weighted by Crippen LogP contribution is -2.12. The molecule has 6 heteroatoms. The summed E-state index contributed by atoms with van der Waals surface area (Å²) in [7, 11) is 0. The molecule has 2 N–H and O–H groups in total. The average Bonchev–Trinajstić information content (AvgIpc) is 3.20. The number of hydrogen-bond acceptors (Lipinski definition) is 4. The van der Waals surface area contributed by atoms with Crippen molar-refractivity contribution in [2.24, 2.45) is 0 Å². The third kappa shape index (κ3) is 2.78. The Balaban J connectivity index is 1.60. The standard InChI is InChI=1S/C19H16N4O2/c1-11-3-4-14-12(2)18(25-16(14)9-11)19(24)21-17-10-15(22-23-17)13-5-7-20-8-6-13/h3-10H,1-2H3,(H2,21,22,23,24). The Labute approximate surface area is 143 Å². The second-order valence-corrected chi connectivity index (χ2v) is 5.91. The summed E-state index contributed by atoms with van der Waals surface area (Å²) in [5.41, 5.74) is 4.36. The van der Waals surface area contributed by atoms with Gasteiger partial charge in [0.1, 0.15) is 5.58 Å². The summed E-state index contributed by atoms with van der Waals surface area (Å²) in [6, 6.07) is 11.4. The lowest BCUT2D eigenvalue weighted by atomic mass is 10.1. The molecule has 4 aromatic rings. The maximum Gasteiger partial charge on any atom is 0.292 e. The Morgan fingerprint density at radius 1 is 1.12 bits per heavy atom. The van der Waals surface area contributed by atoms with Crippen LogP contribution in [-0.2, 0) is 0 Å². The van der Waals surface area contributed by atoms with E-state index in [0.717, 1.165) is 27.8 Å². The number of anilines is 1. The van der Waals surface area contributed by atoms with E-state index in [9.17, 15) is 4.79 Å². The highest BCUT2D eigenvalue weighted by molar-refractivity contribution is 6.06. The van der Waals surface area contributed by atoms with Crippen LogP contribution >= 0.6 is 0 Å². The number of carbonyl (C=O) groups is 1. The minimum Gasteiger partial charge on any atom is -0.451 e. The molecule has 0 aliphatic rings. The van der Waals surface area contributed by atoms with Gasteiger partial charge in [-0.1, -0.05) is 12.1 Å². The van der Waals surface area contributed by atoms with Crippen LogP contribution in [0, 0.1) is 13.8 Å². The monoisotopic (exact) mass is 332 g/mol. The number of benzene rings is 1. The molecule has 0 aliphatic heterocycles. The number of aromatic amines is 1. The number of nitrogens with one attached hydrogen (secondary N) is 2. The highest BCUT2D eigenvalue weighted by Gasteiger charge is 2.18. The largest absolute Gasteiger partial charge is 0.451 e. The van der Waals surface area contributed by atoms with Gasteiger partial charge >= 0.3 is 0 Å². The van der Waals surface area contributed by atoms with Crippen molar-refractivity contribution in [2.75, 3.05) is 5.32 Å². The van der Waals surface area contributed by atoms with Gasteiger partial charge in [-0.15, -0.1) is 0 Å². The second kappa shape index (κ2) is 5.90. The van der Waals surface area contributed by atoms with E-state index in [4.69, 9.17) is 4.42 Å². The van der Waals surface area contributed by atoms with Crippen LogP contribution in [0.15, 0.2) is 53.2 Å². The van der Waals surface area contributed by atoms with Crippen LogP contribution in [0.3, 0.4) is 0 Å². The summed E-state index contributed by atoms with van der Waals surface area (Å²) in [6.45, 7) is 3.87. The minimum absolute atomic E-state index is 0.300. The normalized spacial score (nSPS) is 11.0. The molecular weight excluding hydrogens is 316 g/mol. The van der Waals surface area contributed by atoms with E-state index in [0.29, 0.717) is 17.2 Å². The van der Waals surface area contributed by atoms with Gasteiger partial charge < -0.3 is 9.73 Å². The molecule has 25 heavy (non-hydrogen) atoms. The van der Waals surface area contributed by atoms with Gasteiger partial charge in [0.15, 0.2) is 11.6 Å². The molecule has 6 nitrogen and oxygen atoms in total. The van der Waals surface area contributed by atoms with Gasteiger partial charge in [0.05, 0.1) is 5.69 Å². The Hall–Kier alpha value is -3.41. The number of aryl methyl sites for hydroxylation is 2. The fourth-order valence-corrected chi connectivity index (χ4v) is 2.79. The zero-order chi connectivity index (χ0) is 17.4. The van der Waals surface area contributed by atoms with E-state index in [1.54, 1.807) is 18.5 Å². The van der Waals surface area contributed by atoms with Gasteiger partial charge in [0.25, 0.3) is 5.91 Å². The molecule has 3 aromatic heterocycles. The van der Waals surface area contributed by atoms with Crippen LogP contribution in [0.5, 0.6) is 0 Å². The highest BCUT2D eigenvalue weighted by Crippen LogP contribution is 2.27. The zero-order valence-corrected chi connectivity index (χ0v) is 13.8. The van der Waals surface area contributed by atoms with Crippen molar-refractivity contribution in [1.29, 1.82) is 0 Å². The van der Waals surface area contributed by atoms with Crippen molar-refractivity contribution >= 4 is 22.7 Å². The predicted octanol–water partition coefficient (Wildman–Crippen LogP) is 4.09. The predicted molar refractivity (Wildman–Crippen MR) is 95.5 cm³/mol. The van der Waals surface area contributed by atoms with Crippen molar-refractivity contribution < 1.29 is 9.21 Å². The summed E-state index contributed by atoms with van der Waals surface area (Å²) >= 11 is 0. The first kappa shape index (κ1) is 15.1. The van der Waals surface area contributed by atoms with Crippen LogP contribution in [-0.4, -0.2) is 21.1 Å². The molecular formula is C19H16N4O2. The Morgan fingerprint density at radius 3 is 2.72 bits per heavy atom. The number of rotatable bonds is 3. The van der Waals surface area contributed by atoms with Crippen molar-refractivity contribution in [3.05, 3.63) is 65.7 Å². The smallest absolute Gasteiger partial charge is 0.292 e. The number of hydrogen-bond donors (Lipinski definition) is 2. The SMILES string of the molecule is Cc1ccc2c(C)c(C(=O)Nc3cc(-c4ccncc4)[nH]n3)oc2c1. The maximum atomic E-state index is 12.6. The molecule has 0 saturated heterocycles. The maximum absolute atomic E-state index is 12.6. The number of carbonyl (C=O) groups excluding carboxylic acids is 1. The molecule has 0 bridgehead atoms. The topological polar surface area (TPSA) is 83.8 Å². The fourth-order valence-electron chi connectivity index (χ4n) is 2.79. The van der Waals surface area contributed by atoms with Gasteiger partial charge in [-0.2, -0.15) is 5.10 Å². The van der Waals surface area contributed by atoms with Crippen molar-refractivity contribution in [3.8, 4) is 11.3 Å². The van der Waals surface area contributed by atoms with Crippen LogP contribution in [0.4, 0.5) is 5.82 Å². The average molecular weight is 332 g/mol. The van der Waals surface area contributed by atoms with E-state index < -0.39 is 0 Å².